The molecule has 1 atom stereocenters. The standard InChI is InChI=1S/C20H21N3O4/c1-27-12-4-11-21-18(24)15-9-7-14(8-10-15)13-23-19(25)16-5-2-3-6-17(16)22-20(23)26/h2-3,5-10,16H,4,11-13H2,1H3,(H,21,24). The summed E-state index contributed by atoms with van der Waals surface area (Å²) in [7, 11) is 1.62. The third kappa shape index (κ3) is 4.38. The van der Waals surface area contributed by atoms with Gasteiger partial charge in [-0.25, -0.2) is 4.79 Å². The number of amides is 4. The number of nitrogens with one attached hydrogen (secondary N) is 1. The molecule has 0 spiro atoms. The summed E-state index contributed by atoms with van der Waals surface area (Å²) in [6.07, 6.45) is 7.68. The number of methoxy groups -OCH3 is 1. The number of rotatable bonds is 7. The lowest BCUT2D eigenvalue weighted by molar-refractivity contribution is -0.129. The minimum absolute atomic E-state index is 0.123. The van der Waals surface area contributed by atoms with Crippen molar-refractivity contribution in [1.29, 1.82) is 0 Å². The lowest BCUT2D eigenvalue weighted by Crippen LogP contribution is -2.45. The van der Waals surface area contributed by atoms with E-state index in [1.54, 1.807) is 55.7 Å². The van der Waals surface area contributed by atoms with Crippen LogP contribution >= 0.6 is 0 Å². The van der Waals surface area contributed by atoms with Crippen LogP contribution in [0, 0.1) is 5.92 Å². The van der Waals surface area contributed by atoms with Gasteiger partial charge in [0.2, 0.25) is 5.91 Å². The number of aliphatic imine (C=N–C) groups is 1. The van der Waals surface area contributed by atoms with Crippen LogP contribution in [0.25, 0.3) is 0 Å². The van der Waals surface area contributed by atoms with Crippen molar-refractivity contribution in [1.82, 2.24) is 10.2 Å². The van der Waals surface area contributed by atoms with Gasteiger partial charge in [-0.15, -0.1) is 0 Å². The Bertz CT molecular complexity index is 824. The predicted octanol–water partition coefficient (Wildman–Crippen LogP) is 2.10. The van der Waals surface area contributed by atoms with Crippen molar-refractivity contribution in [2.24, 2.45) is 10.9 Å². The van der Waals surface area contributed by atoms with Gasteiger partial charge in [-0.2, -0.15) is 4.99 Å². The maximum atomic E-state index is 12.6. The third-order valence-corrected chi connectivity index (χ3v) is 4.36. The van der Waals surface area contributed by atoms with Crippen LogP contribution in [0.4, 0.5) is 4.79 Å². The van der Waals surface area contributed by atoms with E-state index < -0.39 is 11.9 Å². The summed E-state index contributed by atoms with van der Waals surface area (Å²) in [4.78, 5) is 42.0. The van der Waals surface area contributed by atoms with E-state index in [9.17, 15) is 14.4 Å². The van der Waals surface area contributed by atoms with Gasteiger partial charge in [0.05, 0.1) is 18.2 Å². The second kappa shape index (κ2) is 8.55. The number of nitrogens with zero attached hydrogens (tertiary/aromatic N) is 2. The number of carbonyl (C=O) groups excluding carboxylic acids is 3. The number of hydrogen-bond acceptors (Lipinski definition) is 4. The van der Waals surface area contributed by atoms with Crippen LogP contribution in [-0.4, -0.2) is 48.7 Å². The summed E-state index contributed by atoms with van der Waals surface area (Å²) in [5.74, 6) is -0.966. The lowest BCUT2D eigenvalue weighted by atomic mass is 9.95. The Labute approximate surface area is 157 Å². The van der Waals surface area contributed by atoms with Crippen LogP contribution in [0.3, 0.4) is 0 Å². The molecule has 0 fully saturated rings. The van der Waals surface area contributed by atoms with E-state index in [0.717, 1.165) is 16.9 Å². The Morgan fingerprint density at radius 3 is 2.74 bits per heavy atom. The first-order chi connectivity index (χ1) is 13.1. The quantitative estimate of drug-likeness (QED) is 0.748. The van der Waals surface area contributed by atoms with E-state index in [1.165, 1.54) is 0 Å². The van der Waals surface area contributed by atoms with Gasteiger partial charge in [-0.3, -0.25) is 14.5 Å². The molecule has 1 heterocycles. The van der Waals surface area contributed by atoms with E-state index >= 15 is 0 Å². The van der Waals surface area contributed by atoms with Crippen LogP contribution in [0.15, 0.2) is 53.6 Å². The van der Waals surface area contributed by atoms with Crippen molar-refractivity contribution in [3.63, 3.8) is 0 Å². The van der Waals surface area contributed by atoms with Gasteiger partial charge in [-0.1, -0.05) is 30.4 Å². The van der Waals surface area contributed by atoms with E-state index in [2.05, 4.69) is 10.3 Å². The van der Waals surface area contributed by atoms with Crippen LogP contribution in [-0.2, 0) is 16.1 Å². The maximum absolute atomic E-state index is 12.6. The Hall–Kier alpha value is -3.06. The molecule has 1 aliphatic carbocycles. The predicted molar refractivity (Wildman–Crippen MR) is 100 cm³/mol. The van der Waals surface area contributed by atoms with Gasteiger partial charge < -0.3 is 10.1 Å². The maximum Gasteiger partial charge on any atom is 0.350 e. The fourth-order valence-corrected chi connectivity index (χ4v) is 2.89. The molecule has 7 nitrogen and oxygen atoms in total. The van der Waals surface area contributed by atoms with E-state index in [4.69, 9.17) is 4.74 Å². The van der Waals surface area contributed by atoms with Gasteiger partial charge in [0.1, 0.15) is 0 Å². The minimum Gasteiger partial charge on any atom is -0.385 e. The first-order valence-corrected chi connectivity index (χ1v) is 8.75. The van der Waals surface area contributed by atoms with Crippen molar-refractivity contribution in [2.45, 2.75) is 13.0 Å². The van der Waals surface area contributed by atoms with E-state index in [1.807, 2.05) is 0 Å². The third-order valence-electron chi connectivity index (χ3n) is 4.36. The van der Waals surface area contributed by atoms with Crippen LogP contribution in [0.5, 0.6) is 0 Å². The Morgan fingerprint density at radius 2 is 2.00 bits per heavy atom. The normalized spacial score (nSPS) is 18.3. The van der Waals surface area contributed by atoms with E-state index in [-0.39, 0.29) is 18.4 Å². The molecule has 27 heavy (non-hydrogen) atoms. The van der Waals surface area contributed by atoms with Crippen LogP contribution in [0.2, 0.25) is 0 Å². The van der Waals surface area contributed by atoms with Gasteiger partial charge in [-0.05, 0) is 30.2 Å². The monoisotopic (exact) mass is 367 g/mol. The molecule has 0 aromatic heterocycles. The number of allylic oxidation sites excluding steroid dienone is 3. The molecule has 0 saturated carbocycles. The van der Waals surface area contributed by atoms with E-state index in [0.29, 0.717) is 24.4 Å². The second-order valence-corrected chi connectivity index (χ2v) is 6.26. The average molecular weight is 367 g/mol. The molecular weight excluding hydrogens is 346 g/mol. The number of hydrogen-bond donors (Lipinski definition) is 1. The first kappa shape index (κ1) is 18.7. The van der Waals surface area contributed by atoms with Gasteiger partial charge in [0.15, 0.2) is 0 Å². The molecule has 0 bridgehead atoms. The van der Waals surface area contributed by atoms with Crippen molar-refractivity contribution in [3.8, 4) is 0 Å². The fourth-order valence-electron chi connectivity index (χ4n) is 2.89. The molecule has 7 heteroatoms. The molecule has 4 amide bonds. The number of carbonyl (C=O) groups is 3. The summed E-state index contributed by atoms with van der Waals surface area (Å²) in [5, 5.41) is 2.81. The number of urea groups is 1. The minimum atomic E-state index is -0.564. The molecule has 1 aliphatic heterocycles. The largest absolute Gasteiger partial charge is 0.385 e. The Morgan fingerprint density at radius 1 is 1.22 bits per heavy atom. The van der Waals surface area contributed by atoms with Gasteiger partial charge >= 0.3 is 6.03 Å². The van der Waals surface area contributed by atoms with Gasteiger partial charge in [0.25, 0.3) is 5.91 Å². The van der Waals surface area contributed by atoms with Crippen molar-refractivity contribution in [2.75, 3.05) is 20.3 Å². The number of imide groups is 1. The summed E-state index contributed by atoms with van der Waals surface area (Å²) in [6, 6.07) is 6.27. The molecule has 1 unspecified atom stereocenters. The highest BCUT2D eigenvalue weighted by molar-refractivity contribution is 6.21. The van der Waals surface area contributed by atoms with Crippen LogP contribution in [0.1, 0.15) is 22.3 Å². The zero-order chi connectivity index (χ0) is 19.2. The SMILES string of the molecule is COCCCNC(=O)c1ccc(CN2C(=O)N=C3C=CC=CC3C2=O)cc1. The summed E-state index contributed by atoms with van der Waals surface area (Å²) in [6.45, 7) is 1.25. The molecule has 1 aromatic carbocycles. The fraction of sp³-hybridized carbons (Fsp3) is 0.300. The number of fused-ring (bicyclic) bond motifs is 1. The highest BCUT2D eigenvalue weighted by Gasteiger charge is 2.35. The molecule has 0 radical (unpaired) electrons. The highest BCUT2D eigenvalue weighted by atomic mass is 16.5. The molecule has 1 aromatic rings. The average Bonchev–Trinajstić information content (AvgIpc) is 2.69. The first-order valence-electron chi connectivity index (χ1n) is 8.75. The highest BCUT2D eigenvalue weighted by Crippen LogP contribution is 2.21. The van der Waals surface area contributed by atoms with Gasteiger partial charge in [0, 0.05) is 25.8 Å². The zero-order valence-corrected chi connectivity index (χ0v) is 15.1. The number of ether oxygens (including phenoxy) is 1. The van der Waals surface area contributed by atoms with Crippen molar-refractivity contribution >= 4 is 23.6 Å². The van der Waals surface area contributed by atoms with Crippen molar-refractivity contribution in [3.05, 3.63) is 59.7 Å². The molecule has 140 valence electrons. The summed E-state index contributed by atoms with van der Waals surface area (Å²) < 4.78 is 4.94. The zero-order valence-electron chi connectivity index (χ0n) is 15.1. The molecule has 3 rings (SSSR count). The van der Waals surface area contributed by atoms with Crippen LogP contribution < -0.4 is 5.32 Å². The summed E-state index contributed by atoms with van der Waals surface area (Å²) in [5.41, 5.74) is 1.75. The molecular formula is C20H21N3O4. The Kier molecular flexibility index (Phi) is 5.93. The Balaban J connectivity index is 1.63. The second-order valence-electron chi connectivity index (χ2n) is 6.26. The van der Waals surface area contributed by atoms with Crippen molar-refractivity contribution < 1.29 is 19.1 Å². The molecule has 0 saturated heterocycles. The molecule has 2 aliphatic rings. The summed E-state index contributed by atoms with van der Waals surface area (Å²) >= 11 is 0. The molecule has 1 N–H and O–H groups in total. The topological polar surface area (TPSA) is 88.1 Å². The number of benzene rings is 1. The lowest BCUT2D eigenvalue weighted by Gasteiger charge is -2.28. The smallest absolute Gasteiger partial charge is 0.350 e.